The van der Waals surface area contributed by atoms with Crippen molar-refractivity contribution in [3.63, 3.8) is 0 Å². The first-order valence-corrected chi connectivity index (χ1v) is 41.7. The van der Waals surface area contributed by atoms with Crippen LogP contribution in [0.1, 0.15) is 376 Å². The van der Waals surface area contributed by atoms with Gasteiger partial charge in [0.15, 0.2) is 12.2 Å². The van der Waals surface area contributed by atoms with Crippen molar-refractivity contribution in [2.75, 3.05) is 39.6 Å². The van der Waals surface area contributed by atoms with Gasteiger partial charge in [-0.05, 0) is 49.4 Å². The number of phosphoric ester groups is 2. The molecule has 2 unspecified atom stereocenters. The molecule has 19 heteroatoms. The number of unbranched alkanes of at least 4 members (excludes halogenated alkanes) is 38. The number of hydrogen-bond donors (Lipinski definition) is 3. The van der Waals surface area contributed by atoms with Crippen LogP contribution in [0, 0.1) is 23.7 Å². The van der Waals surface area contributed by atoms with Crippen LogP contribution in [-0.4, -0.2) is 96.7 Å². The SMILES string of the molecule is CC(C)CCCCCCCCCCCCCCCC(=O)O[C@H](COC(=O)CCCCCCCCCCCCCC(C)C)COP(=O)(O)OC[C@@H](O)COP(=O)(O)OC[C@@H](COC(=O)CCCCCCCCC(C)C)OC(=O)CCCCCCCCCCCCCCC(C)C. The van der Waals surface area contributed by atoms with Crippen LogP contribution in [0.4, 0.5) is 0 Å². The average molecular weight is 1380 g/mol. The van der Waals surface area contributed by atoms with Crippen LogP contribution in [0.2, 0.25) is 0 Å². The molecule has 3 N–H and O–H groups in total. The molecule has 558 valence electrons. The minimum atomic E-state index is -4.96. The van der Waals surface area contributed by atoms with E-state index in [1.54, 1.807) is 0 Å². The highest BCUT2D eigenvalue weighted by atomic mass is 31.2. The van der Waals surface area contributed by atoms with E-state index in [2.05, 4.69) is 55.4 Å². The summed E-state index contributed by atoms with van der Waals surface area (Å²) < 4.78 is 68.5. The molecular formula is C75H146O17P2. The van der Waals surface area contributed by atoms with Gasteiger partial charge in [0, 0.05) is 25.7 Å². The van der Waals surface area contributed by atoms with Crippen molar-refractivity contribution in [3.05, 3.63) is 0 Å². The predicted molar refractivity (Wildman–Crippen MR) is 381 cm³/mol. The number of rotatable bonds is 72. The van der Waals surface area contributed by atoms with Crippen molar-refractivity contribution < 1.29 is 80.2 Å². The van der Waals surface area contributed by atoms with Crippen molar-refractivity contribution in [2.24, 2.45) is 23.7 Å². The van der Waals surface area contributed by atoms with Gasteiger partial charge in [0.25, 0.3) is 0 Å². The zero-order valence-electron chi connectivity index (χ0n) is 61.6. The van der Waals surface area contributed by atoms with Gasteiger partial charge in [0.1, 0.15) is 19.3 Å². The molecule has 0 aromatic rings. The number of carbonyl (C=O) groups is 4. The molecule has 5 atom stereocenters. The summed E-state index contributed by atoms with van der Waals surface area (Å²) in [6.07, 6.45) is 48.7. The topological polar surface area (TPSA) is 237 Å². The summed E-state index contributed by atoms with van der Waals surface area (Å²) in [6.45, 7) is 14.1. The van der Waals surface area contributed by atoms with Crippen LogP contribution in [0.3, 0.4) is 0 Å². The Morgan fingerprint density at radius 3 is 0.660 bits per heavy atom. The molecule has 94 heavy (non-hydrogen) atoms. The van der Waals surface area contributed by atoms with Gasteiger partial charge in [-0.25, -0.2) is 9.13 Å². The highest BCUT2D eigenvalue weighted by Gasteiger charge is 2.30. The molecule has 0 radical (unpaired) electrons. The lowest BCUT2D eigenvalue weighted by Gasteiger charge is -2.21. The van der Waals surface area contributed by atoms with Crippen molar-refractivity contribution in [2.45, 2.75) is 395 Å². The second-order valence-corrected chi connectivity index (χ2v) is 31.9. The Balaban J connectivity index is 5.25. The Morgan fingerprint density at radius 2 is 0.447 bits per heavy atom. The van der Waals surface area contributed by atoms with E-state index in [1.165, 1.54) is 173 Å². The standard InChI is InChI=1S/C75H146O17P2/c1-65(2)51-43-35-27-21-15-10-9-11-18-25-31-41-49-57-74(79)91-70(61-85-72(77)55-47-39-30-24-20-14-17-23-29-37-45-53-67(5)6)63-89-93(81,82)87-59-69(76)60-88-94(83,84)90-64-71(62-86-73(78)56-48-40-34-33-38-46-54-68(7)8)92-75(80)58-50-42-32-26-19-13-12-16-22-28-36-44-52-66(3)4/h65-71,76H,9-64H2,1-8H3,(H,81,82)(H,83,84)/t69-,70-,71-/m1/s1. The summed E-state index contributed by atoms with van der Waals surface area (Å²) in [5, 5.41) is 10.6. The molecular weight excluding hydrogens is 1230 g/mol. The summed E-state index contributed by atoms with van der Waals surface area (Å²) in [5.41, 5.74) is 0. The molecule has 0 spiro atoms. The van der Waals surface area contributed by atoms with E-state index in [1.807, 2.05) is 0 Å². The minimum absolute atomic E-state index is 0.105. The molecule has 0 aromatic carbocycles. The maximum atomic E-state index is 13.1. The lowest BCUT2D eigenvalue weighted by atomic mass is 10.0. The maximum Gasteiger partial charge on any atom is 0.472 e. The lowest BCUT2D eigenvalue weighted by molar-refractivity contribution is -0.161. The molecule has 0 saturated carbocycles. The summed E-state index contributed by atoms with van der Waals surface area (Å²) >= 11 is 0. The first kappa shape index (κ1) is 92.1. The normalized spacial score (nSPS) is 14.2. The number of aliphatic hydroxyl groups excluding tert-OH is 1. The van der Waals surface area contributed by atoms with Crippen LogP contribution >= 0.6 is 15.6 Å². The molecule has 0 rings (SSSR count). The van der Waals surface area contributed by atoms with Gasteiger partial charge in [0.2, 0.25) is 0 Å². The van der Waals surface area contributed by atoms with Gasteiger partial charge in [-0.3, -0.25) is 37.3 Å². The largest absolute Gasteiger partial charge is 0.472 e. The van der Waals surface area contributed by atoms with Crippen LogP contribution in [0.5, 0.6) is 0 Å². The van der Waals surface area contributed by atoms with Crippen molar-refractivity contribution >= 4 is 39.5 Å². The highest BCUT2D eigenvalue weighted by Crippen LogP contribution is 2.45. The fourth-order valence-electron chi connectivity index (χ4n) is 11.4. The zero-order valence-corrected chi connectivity index (χ0v) is 63.4. The second kappa shape index (κ2) is 64.4. The van der Waals surface area contributed by atoms with Gasteiger partial charge in [0.05, 0.1) is 26.4 Å². The van der Waals surface area contributed by atoms with Crippen LogP contribution in [0.25, 0.3) is 0 Å². The average Bonchev–Trinajstić information content (AvgIpc) is 1.22. The van der Waals surface area contributed by atoms with Crippen molar-refractivity contribution in [1.29, 1.82) is 0 Å². The highest BCUT2D eigenvalue weighted by molar-refractivity contribution is 7.47. The molecule has 0 heterocycles. The third-order valence-corrected chi connectivity index (χ3v) is 19.2. The molecule has 0 bridgehead atoms. The first-order valence-electron chi connectivity index (χ1n) is 38.7. The minimum Gasteiger partial charge on any atom is -0.462 e. The first-order chi connectivity index (χ1) is 45.1. The van der Waals surface area contributed by atoms with E-state index < -0.39 is 97.5 Å². The number of hydrogen-bond acceptors (Lipinski definition) is 15. The number of ether oxygens (including phenoxy) is 4. The van der Waals surface area contributed by atoms with Crippen molar-refractivity contribution in [3.8, 4) is 0 Å². The number of aliphatic hydroxyl groups is 1. The van der Waals surface area contributed by atoms with Crippen LogP contribution < -0.4 is 0 Å². The van der Waals surface area contributed by atoms with Crippen LogP contribution in [0.15, 0.2) is 0 Å². The van der Waals surface area contributed by atoms with Gasteiger partial charge in [-0.1, -0.05) is 325 Å². The fourth-order valence-corrected chi connectivity index (χ4v) is 13.0. The molecule has 0 fully saturated rings. The predicted octanol–water partition coefficient (Wildman–Crippen LogP) is 21.7. The van der Waals surface area contributed by atoms with E-state index in [-0.39, 0.29) is 25.7 Å². The van der Waals surface area contributed by atoms with E-state index in [9.17, 15) is 43.2 Å². The number of carbonyl (C=O) groups excluding carboxylic acids is 4. The molecule has 0 aliphatic heterocycles. The molecule has 0 aliphatic rings. The van der Waals surface area contributed by atoms with E-state index >= 15 is 0 Å². The summed E-state index contributed by atoms with van der Waals surface area (Å²) in [7, 11) is -9.91. The van der Waals surface area contributed by atoms with E-state index in [0.29, 0.717) is 31.6 Å². The zero-order chi connectivity index (χ0) is 69.6. The number of phosphoric acid groups is 2. The molecule has 0 amide bonds. The van der Waals surface area contributed by atoms with Gasteiger partial charge >= 0.3 is 39.5 Å². The quantitative estimate of drug-likeness (QED) is 0.0222. The third kappa shape index (κ3) is 68.6. The maximum absolute atomic E-state index is 13.1. The Kier molecular flexibility index (Phi) is 63.1. The van der Waals surface area contributed by atoms with Gasteiger partial charge < -0.3 is 33.8 Å². The number of esters is 4. The van der Waals surface area contributed by atoms with E-state index in [0.717, 1.165) is 114 Å². The van der Waals surface area contributed by atoms with Gasteiger partial charge in [-0.2, -0.15) is 0 Å². The Labute approximate surface area is 575 Å². The summed E-state index contributed by atoms with van der Waals surface area (Å²) in [6, 6.07) is 0. The van der Waals surface area contributed by atoms with Crippen molar-refractivity contribution in [1.82, 2.24) is 0 Å². The smallest absolute Gasteiger partial charge is 0.462 e. The summed E-state index contributed by atoms with van der Waals surface area (Å²) in [5.74, 6) is 0.891. The van der Waals surface area contributed by atoms with Crippen LogP contribution in [-0.2, 0) is 65.4 Å². The molecule has 0 saturated heterocycles. The van der Waals surface area contributed by atoms with Gasteiger partial charge in [-0.15, -0.1) is 0 Å². The Bertz CT molecular complexity index is 1850. The third-order valence-electron chi connectivity index (χ3n) is 17.3. The Morgan fingerprint density at radius 1 is 0.266 bits per heavy atom. The Hall–Kier alpha value is -1.94. The fraction of sp³-hybridized carbons (Fsp3) is 0.947. The molecule has 0 aliphatic carbocycles. The molecule has 17 nitrogen and oxygen atoms in total. The summed E-state index contributed by atoms with van der Waals surface area (Å²) in [4.78, 5) is 72.8. The lowest BCUT2D eigenvalue weighted by Crippen LogP contribution is -2.30. The van der Waals surface area contributed by atoms with E-state index in [4.69, 9.17) is 37.0 Å². The second-order valence-electron chi connectivity index (χ2n) is 28.9. The monoisotopic (exact) mass is 1380 g/mol. The molecule has 0 aromatic heterocycles.